The van der Waals surface area contributed by atoms with Gasteiger partial charge in [-0.15, -0.1) is 11.3 Å². The molecule has 0 spiro atoms. The third kappa shape index (κ3) is 5.15. The van der Waals surface area contributed by atoms with Gasteiger partial charge in [0, 0.05) is 21.8 Å². The molecule has 29 heavy (non-hydrogen) atoms. The van der Waals surface area contributed by atoms with E-state index in [4.69, 9.17) is 9.47 Å². The summed E-state index contributed by atoms with van der Waals surface area (Å²) >= 11 is 1.68. The van der Waals surface area contributed by atoms with E-state index >= 15 is 0 Å². The van der Waals surface area contributed by atoms with Gasteiger partial charge in [-0.05, 0) is 49.9 Å². The fourth-order valence-corrected chi connectivity index (χ4v) is 3.85. The first-order chi connectivity index (χ1) is 14.0. The number of para-hydroxylation sites is 1. The molecule has 0 aliphatic carbocycles. The van der Waals surface area contributed by atoms with Crippen LogP contribution in [0, 0.1) is 13.8 Å². The monoisotopic (exact) mass is 411 g/mol. The van der Waals surface area contributed by atoms with Gasteiger partial charge in [-0.2, -0.15) is 0 Å². The molecule has 0 saturated carbocycles. The van der Waals surface area contributed by atoms with Crippen molar-refractivity contribution < 1.29 is 19.1 Å². The van der Waals surface area contributed by atoms with Crippen molar-refractivity contribution in [3.63, 3.8) is 0 Å². The molecule has 0 N–H and O–H groups in total. The first kappa shape index (κ1) is 20.9. The largest absolute Gasteiger partial charge is 0.479 e. The second-order valence-corrected chi connectivity index (χ2v) is 7.84. The first-order valence-electron chi connectivity index (χ1n) is 9.60. The standard InChI is InChI=1S/C23H25NO4S/c1-4-22(28-18-9-6-5-7-10-18)23(26)27-15-21(25)20-13-16(2)24(17(20)3)14-19-11-8-12-29-19/h5-13,22H,4,14-15H2,1-3H3/t22-/m1/s1. The molecular weight excluding hydrogens is 386 g/mol. The van der Waals surface area contributed by atoms with Gasteiger partial charge in [0.2, 0.25) is 5.78 Å². The molecule has 3 aromatic rings. The number of nitrogens with zero attached hydrogens (tertiary/aromatic N) is 1. The molecule has 0 aliphatic rings. The minimum absolute atomic E-state index is 0.210. The number of carbonyl (C=O) groups is 2. The highest BCUT2D eigenvalue weighted by atomic mass is 32.1. The Labute approximate surface area is 174 Å². The number of aromatic nitrogens is 1. The number of aryl methyl sites for hydroxylation is 1. The van der Waals surface area contributed by atoms with E-state index in [0.29, 0.717) is 17.7 Å². The SMILES string of the molecule is CC[C@@H](Oc1ccccc1)C(=O)OCC(=O)c1cc(C)n(Cc2cccs2)c1C. The number of Topliss-reactive ketones (excluding diaryl/α,β-unsaturated/α-hetero) is 1. The van der Waals surface area contributed by atoms with Crippen LogP contribution in [0.25, 0.3) is 0 Å². The summed E-state index contributed by atoms with van der Waals surface area (Å²) in [6.07, 6.45) is -0.284. The highest BCUT2D eigenvalue weighted by Gasteiger charge is 2.23. The molecule has 5 nitrogen and oxygen atoms in total. The van der Waals surface area contributed by atoms with Crippen LogP contribution in [-0.4, -0.2) is 29.0 Å². The Morgan fingerprint density at radius 2 is 1.86 bits per heavy atom. The normalized spacial score (nSPS) is 11.8. The Bertz CT molecular complexity index is 960. The highest BCUT2D eigenvalue weighted by Crippen LogP contribution is 2.20. The molecule has 2 aromatic heterocycles. The van der Waals surface area contributed by atoms with Crippen LogP contribution < -0.4 is 4.74 Å². The van der Waals surface area contributed by atoms with Crippen molar-refractivity contribution in [3.05, 3.63) is 75.7 Å². The van der Waals surface area contributed by atoms with Crippen LogP contribution in [-0.2, 0) is 16.1 Å². The Kier molecular flexibility index (Phi) is 6.88. The lowest BCUT2D eigenvalue weighted by molar-refractivity contribution is -0.150. The lowest BCUT2D eigenvalue weighted by Crippen LogP contribution is -2.30. The smallest absolute Gasteiger partial charge is 0.347 e. The zero-order chi connectivity index (χ0) is 20.8. The number of hydrogen-bond acceptors (Lipinski definition) is 5. The number of hydrogen-bond donors (Lipinski definition) is 0. The molecule has 0 amide bonds. The van der Waals surface area contributed by atoms with Gasteiger partial charge in [0.1, 0.15) is 5.75 Å². The molecule has 1 atom stereocenters. The summed E-state index contributed by atoms with van der Waals surface area (Å²) in [5, 5.41) is 2.04. The molecule has 0 fully saturated rings. The van der Waals surface area contributed by atoms with Crippen molar-refractivity contribution in [1.82, 2.24) is 4.57 Å². The summed E-state index contributed by atoms with van der Waals surface area (Å²) in [6.45, 7) is 6.17. The maximum atomic E-state index is 12.7. The van der Waals surface area contributed by atoms with E-state index in [0.717, 1.165) is 17.9 Å². The molecule has 3 rings (SSSR count). The maximum absolute atomic E-state index is 12.7. The van der Waals surface area contributed by atoms with E-state index < -0.39 is 12.1 Å². The van der Waals surface area contributed by atoms with Crippen molar-refractivity contribution in [1.29, 1.82) is 0 Å². The number of thiophene rings is 1. The Hall–Kier alpha value is -2.86. The summed E-state index contributed by atoms with van der Waals surface area (Å²) in [7, 11) is 0. The average molecular weight is 412 g/mol. The molecule has 152 valence electrons. The topological polar surface area (TPSA) is 57.5 Å². The predicted molar refractivity (Wildman–Crippen MR) is 114 cm³/mol. The van der Waals surface area contributed by atoms with Crippen molar-refractivity contribution >= 4 is 23.1 Å². The summed E-state index contributed by atoms with van der Waals surface area (Å²) in [5.74, 6) is -0.143. The molecule has 0 radical (unpaired) electrons. The van der Waals surface area contributed by atoms with Crippen LogP contribution in [0.1, 0.15) is 40.0 Å². The van der Waals surface area contributed by atoms with E-state index in [-0.39, 0.29) is 12.4 Å². The fraction of sp³-hybridized carbons (Fsp3) is 0.304. The minimum Gasteiger partial charge on any atom is -0.479 e. The molecule has 0 aliphatic heterocycles. The van der Waals surface area contributed by atoms with Gasteiger partial charge in [0.05, 0.1) is 6.54 Å². The van der Waals surface area contributed by atoms with Gasteiger partial charge < -0.3 is 14.0 Å². The zero-order valence-electron chi connectivity index (χ0n) is 16.9. The third-order valence-corrected chi connectivity index (χ3v) is 5.63. The van der Waals surface area contributed by atoms with Crippen LogP contribution in [0.15, 0.2) is 53.9 Å². The predicted octanol–water partition coefficient (Wildman–Crippen LogP) is 4.80. The minimum atomic E-state index is -0.739. The van der Waals surface area contributed by atoms with E-state index in [1.807, 2.05) is 56.5 Å². The second-order valence-electron chi connectivity index (χ2n) is 6.81. The summed E-state index contributed by atoms with van der Waals surface area (Å²) in [5.41, 5.74) is 2.47. The fourth-order valence-electron chi connectivity index (χ4n) is 3.15. The lowest BCUT2D eigenvalue weighted by Gasteiger charge is -2.16. The second kappa shape index (κ2) is 9.56. The molecule has 0 unspecified atom stereocenters. The first-order valence-corrected chi connectivity index (χ1v) is 10.5. The van der Waals surface area contributed by atoms with E-state index in [9.17, 15) is 9.59 Å². The lowest BCUT2D eigenvalue weighted by atomic mass is 10.1. The number of carbonyl (C=O) groups excluding carboxylic acids is 2. The zero-order valence-corrected chi connectivity index (χ0v) is 17.7. The maximum Gasteiger partial charge on any atom is 0.347 e. The summed E-state index contributed by atoms with van der Waals surface area (Å²) in [6, 6.07) is 15.1. The van der Waals surface area contributed by atoms with E-state index in [1.54, 1.807) is 23.5 Å². The molecule has 0 saturated heterocycles. The van der Waals surface area contributed by atoms with E-state index in [2.05, 4.69) is 10.6 Å². The number of benzene rings is 1. The number of rotatable bonds is 9. The molecular formula is C23H25NO4S. The van der Waals surface area contributed by atoms with Crippen LogP contribution in [0.3, 0.4) is 0 Å². The van der Waals surface area contributed by atoms with Crippen molar-refractivity contribution in [2.45, 2.75) is 39.8 Å². The van der Waals surface area contributed by atoms with Gasteiger partial charge in [0.25, 0.3) is 0 Å². The van der Waals surface area contributed by atoms with E-state index in [1.165, 1.54) is 4.88 Å². The van der Waals surface area contributed by atoms with Gasteiger partial charge in [-0.1, -0.05) is 31.2 Å². The number of ether oxygens (including phenoxy) is 2. The Morgan fingerprint density at radius 1 is 1.10 bits per heavy atom. The van der Waals surface area contributed by atoms with Crippen molar-refractivity contribution in [2.24, 2.45) is 0 Å². The Morgan fingerprint density at radius 3 is 2.52 bits per heavy atom. The molecule has 1 aromatic carbocycles. The van der Waals surface area contributed by atoms with Crippen LogP contribution in [0.4, 0.5) is 0 Å². The summed E-state index contributed by atoms with van der Waals surface area (Å²) < 4.78 is 13.1. The Balaban J connectivity index is 1.62. The number of esters is 1. The number of ketones is 1. The van der Waals surface area contributed by atoms with Crippen LogP contribution in [0.2, 0.25) is 0 Å². The van der Waals surface area contributed by atoms with Crippen LogP contribution in [0.5, 0.6) is 5.75 Å². The van der Waals surface area contributed by atoms with Crippen molar-refractivity contribution in [3.8, 4) is 5.75 Å². The van der Waals surface area contributed by atoms with Gasteiger partial charge >= 0.3 is 5.97 Å². The average Bonchev–Trinajstić information content (AvgIpc) is 3.34. The third-order valence-electron chi connectivity index (χ3n) is 4.77. The summed E-state index contributed by atoms with van der Waals surface area (Å²) in [4.78, 5) is 26.3. The van der Waals surface area contributed by atoms with Crippen molar-refractivity contribution in [2.75, 3.05) is 6.61 Å². The highest BCUT2D eigenvalue weighted by molar-refractivity contribution is 7.09. The quantitative estimate of drug-likeness (QED) is 0.375. The van der Waals surface area contributed by atoms with Gasteiger partial charge in [-0.3, -0.25) is 4.79 Å². The molecule has 2 heterocycles. The van der Waals surface area contributed by atoms with Gasteiger partial charge in [-0.25, -0.2) is 4.79 Å². The van der Waals surface area contributed by atoms with Crippen LogP contribution >= 0.6 is 11.3 Å². The van der Waals surface area contributed by atoms with Gasteiger partial charge in [0.15, 0.2) is 12.7 Å². The molecule has 0 bridgehead atoms. The molecule has 6 heteroatoms.